The highest BCUT2D eigenvalue weighted by atomic mass is 16.6. The Labute approximate surface area is 79.0 Å². The third-order valence-electron chi connectivity index (χ3n) is 2.84. The van der Waals surface area contributed by atoms with E-state index < -0.39 is 0 Å². The standard InChI is InChI=1S/C10H17NO2/c1-10(2,3)9-11-6-4-5-7(11)8(12)13-9/h7,9H,4-6H2,1-3H3/t7-,9+/m0/s1. The Balaban J connectivity index is 2.20. The molecule has 0 saturated carbocycles. The van der Waals surface area contributed by atoms with Crippen LogP contribution in [-0.4, -0.2) is 29.7 Å². The summed E-state index contributed by atoms with van der Waals surface area (Å²) in [7, 11) is 0. The van der Waals surface area contributed by atoms with Gasteiger partial charge in [-0.05, 0) is 12.8 Å². The Hall–Kier alpha value is -0.570. The van der Waals surface area contributed by atoms with E-state index in [9.17, 15) is 4.79 Å². The van der Waals surface area contributed by atoms with Crippen molar-refractivity contribution >= 4 is 5.97 Å². The summed E-state index contributed by atoms with van der Waals surface area (Å²) in [6, 6.07) is 0.0595. The van der Waals surface area contributed by atoms with Crippen molar-refractivity contribution in [2.75, 3.05) is 6.54 Å². The summed E-state index contributed by atoms with van der Waals surface area (Å²) in [5.41, 5.74) is 0.0365. The summed E-state index contributed by atoms with van der Waals surface area (Å²) < 4.78 is 5.38. The SMILES string of the molecule is CC(C)(C)[C@H]1OC(=O)[C@@H]2CCCN21. The van der Waals surface area contributed by atoms with Gasteiger partial charge in [-0.1, -0.05) is 20.8 Å². The largest absolute Gasteiger partial charge is 0.445 e. The Morgan fingerprint density at radius 2 is 2.15 bits per heavy atom. The van der Waals surface area contributed by atoms with E-state index in [-0.39, 0.29) is 23.7 Å². The third kappa shape index (κ3) is 1.35. The number of esters is 1. The highest BCUT2D eigenvalue weighted by Crippen LogP contribution is 2.36. The first-order valence-corrected chi connectivity index (χ1v) is 4.96. The topological polar surface area (TPSA) is 29.5 Å². The lowest BCUT2D eigenvalue weighted by atomic mass is 9.93. The van der Waals surface area contributed by atoms with Crippen molar-refractivity contribution in [3.05, 3.63) is 0 Å². The van der Waals surface area contributed by atoms with Crippen LogP contribution in [0.1, 0.15) is 33.6 Å². The molecule has 0 aromatic heterocycles. The fraction of sp³-hybridized carbons (Fsp3) is 0.900. The molecule has 2 rings (SSSR count). The lowest BCUT2D eigenvalue weighted by molar-refractivity contribution is -0.148. The number of rotatable bonds is 0. The van der Waals surface area contributed by atoms with E-state index in [1.54, 1.807) is 0 Å². The number of hydrogen-bond acceptors (Lipinski definition) is 3. The number of carbonyl (C=O) groups excluding carboxylic acids is 1. The Morgan fingerprint density at radius 3 is 2.77 bits per heavy atom. The average molecular weight is 183 g/mol. The van der Waals surface area contributed by atoms with Crippen molar-refractivity contribution in [1.29, 1.82) is 0 Å². The lowest BCUT2D eigenvalue weighted by Crippen LogP contribution is -2.41. The second kappa shape index (κ2) is 2.71. The van der Waals surface area contributed by atoms with Crippen molar-refractivity contribution in [2.24, 2.45) is 5.41 Å². The summed E-state index contributed by atoms with van der Waals surface area (Å²) in [5, 5.41) is 0. The van der Waals surface area contributed by atoms with E-state index in [2.05, 4.69) is 25.7 Å². The van der Waals surface area contributed by atoms with Gasteiger partial charge in [0.1, 0.15) is 6.04 Å². The first-order chi connectivity index (χ1) is 6.00. The van der Waals surface area contributed by atoms with Gasteiger partial charge in [-0.3, -0.25) is 9.69 Å². The molecule has 74 valence electrons. The molecule has 0 radical (unpaired) electrons. The highest BCUT2D eigenvalue weighted by Gasteiger charge is 2.49. The third-order valence-corrected chi connectivity index (χ3v) is 2.84. The molecular weight excluding hydrogens is 166 g/mol. The van der Waals surface area contributed by atoms with Gasteiger partial charge in [0.15, 0.2) is 6.23 Å². The summed E-state index contributed by atoms with van der Waals surface area (Å²) in [6.07, 6.45) is 2.10. The molecule has 3 heteroatoms. The Bertz CT molecular complexity index is 232. The van der Waals surface area contributed by atoms with Gasteiger partial charge in [0, 0.05) is 12.0 Å². The average Bonchev–Trinajstić information content (AvgIpc) is 2.51. The van der Waals surface area contributed by atoms with E-state index in [1.165, 1.54) is 0 Å². The fourth-order valence-electron chi connectivity index (χ4n) is 2.25. The molecule has 2 fully saturated rings. The van der Waals surface area contributed by atoms with Crippen LogP contribution in [0, 0.1) is 5.41 Å². The quantitative estimate of drug-likeness (QED) is 0.531. The zero-order valence-electron chi connectivity index (χ0n) is 8.54. The van der Waals surface area contributed by atoms with Gasteiger partial charge in [0.2, 0.25) is 0 Å². The molecule has 2 aliphatic heterocycles. The molecule has 13 heavy (non-hydrogen) atoms. The van der Waals surface area contributed by atoms with Gasteiger partial charge in [0.05, 0.1) is 0 Å². The van der Waals surface area contributed by atoms with E-state index in [0.29, 0.717) is 0 Å². The Kier molecular flexibility index (Phi) is 1.88. The van der Waals surface area contributed by atoms with Crippen LogP contribution in [0.25, 0.3) is 0 Å². The minimum Gasteiger partial charge on any atom is -0.445 e. The van der Waals surface area contributed by atoms with Crippen molar-refractivity contribution in [2.45, 2.75) is 45.9 Å². The monoisotopic (exact) mass is 183 g/mol. The van der Waals surface area contributed by atoms with Gasteiger partial charge >= 0.3 is 5.97 Å². The molecule has 0 aromatic rings. The van der Waals surface area contributed by atoms with Crippen LogP contribution < -0.4 is 0 Å². The Morgan fingerprint density at radius 1 is 1.46 bits per heavy atom. The van der Waals surface area contributed by atoms with Crippen LogP contribution in [0.3, 0.4) is 0 Å². The summed E-state index contributed by atoms with van der Waals surface area (Å²) in [5.74, 6) is -0.0163. The molecular formula is C10H17NO2. The number of carbonyl (C=O) groups is 1. The van der Waals surface area contributed by atoms with Crippen molar-refractivity contribution in [1.82, 2.24) is 4.90 Å². The number of cyclic esters (lactones) is 1. The van der Waals surface area contributed by atoms with Gasteiger partial charge in [0.25, 0.3) is 0 Å². The molecule has 0 aliphatic carbocycles. The normalized spacial score (nSPS) is 34.8. The number of fused-ring (bicyclic) bond motifs is 1. The van der Waals surface area contributed by atoms with Crippen LogP contribution in [0.5, 0.6) is 0 Å². The van der Waals surface area contributed by atoms with Crippen molar-refractivity contribution < 1.29 is 9.53 Å². The fourth-order valence-corrected chi connectivity index (χ4v) is 2.25. The van der Waals surface area contributed by atoms with Crippen molar-refractivity contribution in [3.8, 4) is 0 Å². The van der Waals surface area contributed by atoms with Crippen molar-refractivity contribution in [3.63, 3.8) is 0 Å². The van der Waals surface area contributed by atoms with E-state index in [0.717, 1.165) is 19.4 Å². The molecule has 2 atom stereocenters. The molecule has 2 saturated heterocycles. The zero-order chi connectivity index (χ0) is 9.64. The van der Waals surface area contributed by atoms with Gasteiger partial charge in [-0.15, -0.1) is 0 Å². The molecule has 0 unspecified atom stereocenters. The second-order valence-electron chi connectivity index (χ2n) is 5.05. The van der Waals surface area contributed by atoms with E-state index in [1.807, 2.05) is 0 Å². The summed E-state index contributed by atoms with van der Waals surface area (Å²) >= 11 is 0. The number of hydrogen-bond donors (Lipinski definition) is 0. The predicted octanol–water partition coefficient (Wildman–Crippen LogP) is 1.38. The highest BCUT2D eigenvalue weighted by molar-refractivity contribution is 5.78. The molecule has 0 bridgehead atoms. The summed E-state index contributed by atoms with van der Waals surface area (Å²) in [4.78, 5) is 13.7. The van der Waals surface area contributed by atoms with Crippen LogP contribution in [0.2, 0.25) is 0 Å². The van der Waals surface area contributed by atoms with E-state index >= 15 is 0 Å². The maximum absolute atomic E-state index is 11.4. The molecule has 2 heterocycles. The first-order valence-electron chi connectivity index (χ1n) is 4.96. The van der Waals surface area contributed by atoms with Crippen LogP contribution in [-0.2, 0) is 9.53 Å². The van der Waals surface area contributed by atoms with Crippen LogP contribution in [0.15, 0.2) is 0 Å². The maximum atomic E-state index is 11.4. The molecule has 3 nitrogen and oxygen atoms in total. The minimum atomic E-state index is -0.0163. The molecule has 0 spiro atoms. The minimum absolute atomic E-state index is 0.00694. The van der Waals surface area contributed by atoms with E-state index in [4.69, 9.17) is 4.74 Å². The van der Waals surface area contributed by atoms with Crippen LogP contribution in [0.4, 0.5) is 0 Å². The smallest absolute Gasteiger partial charge is 0.325 e. The maximum Gasteiger partial charge on any atom is 0.325 e. The first kappa shape index (κ1) is 9.00. The second-order valence-corrected chi connectivity index (χ2v) is 5.05. The predicted molar refractivity (Wildman–Crippen MR) is 49.1 cm³/mol. The molecule has 2 aliphatic rings. The molecule has 0 N–H and O–H groups in total. The van der Waals surface area contributed by atoms with Gasteiger partial charge < -0.3 is 4.74 Å². The lowest BCUT2D eigenvalue weighted by Gasteiger charge is -2.31. The number of ether oxygens (including phenoxy) is 1. The summed E-state index contributed by atoms with van der Waals surface area (Å²) in [6.45, 7) is 7.36. The zero-order valence-corrected chi connectivity index (χ0v) is 8.54. The molecule has 0 amide bonds. The molecule has 0 aromatic carbocycles. The number of nitrogens with zero attached hydrogens (tertiary/aromatic N) is 1. The van der Waals surface area contributed by atoms with Gasteiger partial charge in [-0.2, -0.15) is 0 Å². The van der Waals surface area contributed by atoms with Crippen LogP contribution >= 0.6 is 0 Å². The van der Waals surface area contributed by atoms with Gasteiger partial charge in [-0.25, -0.2) is 0 Å².